The number of hydrogen-bond donors (Lipinski definition) is 0. The smallest absolute Gasteiger partial charge is 0.489 e. The van der Waals surface area contributed by atoms with E-state index in [9.17, 15) is 22.8 Å². The first-order chi connectivity index (χ1) is 17.4. The number of methoxy groups -OCH3 is 1. The van der Waals surface area contributed by atoms with Crippen LogP contribution in [0.3, 0.4) is 0 Å². The van der Waals surface area contributed by atoms with Crippen molar-refractivity contribution in [1.29, 1.82) is 0 Å². The van der Waals surface area contributed by atoms with Crippen LogP contribution in [-0.2, 0) is 32.9 Å². The summed E-state index contributed by atoms with van der Waals surface area (Å²) in [5.74, 6) is -1.76. The third kappa shape index (κ3) is 7.99. The lowest BCUT2D eigenvalue weighted by Crippen LogP contribution is -2.37. The fourth-order valence-electron chi connectivity index (χ4n) is 3.47. The Morgan fingerprint density at radius 3 is 2.03 bits per heavy atom. The van der Waals surface area contributed by atoms with Crippen LogP contribution in [-0.4, -0.2) is 25.3 Å². The van der Waals surface area contributed by atoms with Crippen LogP contribution in [0.1, 0.15) is 37.5 Å². The molecule has 3 aromatic carbocycles. The Morgan fingerprint density at radius 1 is 0.838 bits per heavy atom. The summed E-state index contributed by atoms with van der Waals surface area (Å²) in [5, 5.41) is 0. The molecule has 0 saturated carbocycles. The van der Waals surface area contributed by atoms with E-state index < -0.39 is 18.2 Å². The van der Waals surface area contributed by atoms with Gasteiger partial charge in [0.2, 0.25) is 0 Å². The molecule has 0 radical (unpaired) electrons. The molecule has 0 atom stereocenters. The third-order valence-corrected chi connectivity index (χ3v) is 5.46. The number of benzene rings is 3. The van der Waals surface area contributed by atoms with Crippen LogP contribution < -0.4 is 14.4 Å². The monoisotopic (exact) mass is 515 g/mol. The average molecular weight is 516 g/mol. The maximum Gasteiger partial charge on any atom is 0.573 e. The molecule has 0 aliphatic heterocycles. The molecule has 0 aliphatic rings. The van der Waals surface area contributed by atoms with Crippen LogP contribution in [0.2, 0.25) is 0 Å². The Labute approximate surface area is 213 Å². The molecule has 0 heterocycles. The van der Waals surface area contributed by atoms with Gasteiger partial charge < -0.3 is 14.2 Å². The lowest BCUT2D eigenvalue weighted by atomic mass is 9.87. The molecule has 0 aromatic heterocycles. The molecular weight excluding hydrogens is 487 g/mol. The van der Waals surface area contributed by atoms with E-state index >= 15 is 0 Å². The molecule has 3 rings (SSSR count). The predicted molar refractivity (Wildman–Crippen MR) is 132 cm³/mol. The zero-order valence-electron chi connectivity index (χ0n) is 21.0. The lowest BCUT2D eigenvalue weighted by Gasteiger charge is -2.23. The molecule has 37 heavy (non-hydrogen) atoms. The van der Waals surface area contributed by atoms with Crippen molar-refractivity contribution in [2.75, 3.05) is 12.0 Å². The first-order valence-corrected chi connectivity index (χ1v) is 11.4. The Morgan fingerprint density at radius 2 is 1.46 bits per heavy atom. The van der Waals surface area contributed by atoms with Crippen LogP contribution in [0.5, 0.6) is 11.5 Å². The van der Waals surface area contributed by atoms with E-state index in [2.05, 4.69) is 30.2 Å². The van der Waals surface area contributed by atoms with Crippen molar-refractivity contribution >= 4 is 17.6 Å². The van der Waals surface area contributed by atoms with Gasteiger partial charge in [-0.05, 0) is 46.4 Å². The molecule has 0 spiro atoms. The van der Waals surface area contributed by atoms with Crippen molar-refractivity contribution in [2.45, 2.75) is 45.7 Å². The predicted octanol–water partition coefficient (Wildman–Crippen LogP) is 6.17. The van der Waals surface area contributed by atoms with Gasteiger partial charge in [-0.15, -0.1) is 13.2 Å². The van der Waals surface area contributed by atoms with Gasteiger partial charge in [-0.25, -0.2) is 4.79 Å². The van der Waals surface area contributed by atoms with Crippen molar-refractivity contribution < 1.29 is 37.0 Å². The topological polar surface area (TPSA) is 65.1 Å². The number of esters is 1. The largest absolute Gasteiger partial charge is 0.573 e. The van der Waals surface area contributed by atoms with Crippen molar-refractivity contribution in [3.8, 4) is 11.5 Å². The highest BCUT2D eigenvalue weighted by molar-refractivity contribution is 6.38. The summed E-state index contributed by atoms with van der Waals surface area (Å²) in [6.45, 7) is 6.50. The summed E-state index contributed by atoms with van der Waals surface area (Å²) in [6, 6.07) is 19.7. The minimum Gasteiger partial charge on any atom is -0.489 e. The summed E-state index contributed by atoms with van der Waals surface area (Å²) in [6.07, 6.45) is -4.76. The highest BCUT2D eigenvalue weighted by atomic mass is 19.4. The van der Waals surface area contributed by atoms with Crippen LogP contribution in [0.15, 0.2) is 72.8 Å². The fourth-order valence-corrected chi connectivity index (χ4v) is 3.47. The molecule has 0 fully saturated rings. The fraction of sp³-hybridized carbons (Fsp3) is 0.286. The number of amides is 1. The molecule has 1 amide bonds. The summed E-state index contributed by atoms with van der Waals surface area (Å²) in [5.41, 5.74) is 2.95. The van der Waals surface area contributed by atoms with Gasteiger partial charge in [0.25, 0.3) is 0 Å². The first-order valence-electron chi connectivity index (χ1n) is 11.4. The Bertz CT molecular complexity index is 1220. The quantitative estimate of drug-likeness (QED) is 0.278. The Kier molecular flexibility index (Phi) is 8.47. The normalized spacial score (nSPS) is 11.5. The molecule has 0 unspecified atom stereocenters. The van der Waals surface area contributed by atoms with Gasteiger partial charge in [-0.2, -0.15) is 0 Å². The SMILES string of the molecule is COC(=O)C(=O)N(Cc1ccc(C(C)(C)C)cc1)c1cccc(OCc2ccc(OC(F)(F)F)cc2)c1. The zero-order chi connectivity index (χ0) is 27.2. The van der Waals surface area contributed by atoms with Crippen molar-refractivity contribution in [3.05, 3.63) is 89.5 Å². The summed E-state index contributed by atoms with van der Waals surface area (Å²) in [4.78, 5) is 26.2. The average Bonchev–Trinajstić information content (AvgIpc) is 2.85. The minimum absolute atomic E-state index is 0.0304. The van der Waals surface area contributed by atoms with Crippen LogP contribution >= 0.6 is 0 Å². The summed E-state index contributed by atoms with van der Waals surface area (Å²) in [7, 11) is 1.14. The van der Waals surface area contributed by atoms with E-state index in [1.807, 2.05) is 24.3 Å². The number of hydrogen-bond acceptors (Lipinski definition) is 5. The maximum atomic E-state index is 12.8. The maximum absolute atomic E-state index is 12.8. The second-order valence-corrected chi connectivity index (χ2v) is 9.31. The highest BCUT2D eigenvalue weighted by Crippen LogP contribution is 2.27. The number of rotatable bonds is 7. The van der Waals surface area contributed by atoms with Gasteiger partial charge in [0.05, 0.1) is 13.7 Å². The standard InChI is InChI=1S/C28H28F3NO5/c1-27(2,3)21-12-8-19(9-13-21)17-32(25(33)26(34)35-4)22-6-5-7-24(16-22)36-18-20-10-14-23(15-11-20)37-28(29,30)31/h5-16H,17-18H2,1-4H3. The van der Waals surface area contributed by atoms with Crippen LogP contribution in [0.4, 0.5) is 18.9 Å². The molecule has 0 bridgehead atoms. The lowest BCUT2D eigenvalue weighted by molar-refractivity contribution is -0.274. The third-order valence-electron chi connectivity index (χ3n) is 5.46. The number of anilines is 1. The molecule has 196 valence electrons. The zero-order valence-corrected chi connectivity index (χ0v) is 21.0. The number of carbonyl (C=O) groups excluding carboxylic acids is 2. The molecule has 3 aromatic rings. The van der Waals surface area contributed by atoms with E-state index in [1.165, 1.54) is 29.2 Å². The van der Waals surface area contributed by atoms with Crippen LogP contribution in [0.25, 0.3) is 0 Å². The second-order valence-electron chi connectivity index (χ2n) is 9.31. The Balaban J connectivity index is 1.77. The van der Waals surface area contributed by atoms with Gasteiger partial charge in [-0.3, -0.25) is 9.69 Å². The number of halogens is 3. The highest BCUT2D eigenvalue weighted by Gasteiger charge is 2.31. The van der Waals surface area contributed by atoms with Crippen LogP contribution in [0, 0.1) is 0 Å². The van der Waals surface area contributed by atoms with E-state index in [-0.39, 0.29) is 24.3 Å². The number of ether oxygens (including phenoxy) is 3. The van der Waals surface area contributed by atoms with Gasteiger partial charge in [0.15, 0.2) is 0 Å². The van der Waals surface area contributed by atoms with Gasteiger partial charge in [-0.1, -0.05) is 63.2 Å². The first kappa shape index (κ1) is 27.6. The number of carbonyl (C=O) groups is 2. The second kappa shape index (κ2) is 11.4. The molecule has 0 N–H and O–H groups in total. The number of nitrogens with zero attached hydrogens (tertiary/aromatic N) is 1. The Hall–Kier alpha value is -4.01. The molecule has 0 aliphatic carbocycles. The van der Waals surface area contributed by atoms with Gasteiger partial charge >= 0.3 is 18.2 Å². The van der Waals surface area contributed by atoms with Crippen molar-refractivity contribution in [2.24, 2.45) is 0 Å². The molecular formula is C28H28F3NO5. The van der Waals surface area contributed by atoms with Gasteiger partial charge in [0, 0.05) is 11.8 Å². The minimum atomic E-state index is -4.76. The molecule has 0 saturated heterocycles. The van der Waals surface area contributed by atoms with Gasteiger partial charge in [0.1, 0.15) is 18.1 Å². The summed E-state index contributed by atoms with van der Waals surface area (Å²) < 4.78 is 51.3. The van der Waals surface area contributed by atoms with E-state index in [4.69, 9.17) is 4.74 Å². The van der Waals surface area contributed by atoms with E-state index in [0.717, 1.165) is 18.2 Å². The van der Waals surface area contributed by atoms with Crippen molar-refractivity contribution in [1.82, 2.24) is 0 Å². The van der Waals surface area contributed by atoms with E-state index in [0.29, 0.717) is 17.0 Å². The molecule has 6 nitrogen and oxygen atoms in total. The van der Waals surface area contributed by atoms with Crippen molar-refractivity contribution in [3.63, 3.8) is 0 Å². The molecule has 9 heteroatoms. The van der Waals surface area contributed by atoms with E-state index in [1.54, 1.807) is 24.3 Å². The number of alkyl halides is 3. The summed E-state index contributed by atoms with van der Waals surface area (Å²) >= 11 is 0.